The van der Waals surface area contributed by atoms with E-state index in [9.17, 15) is 0 Å². The number of fused-ring (bicyclic) bond motifs is 1. The Morgan fingerprint density at radius 3 is 2.65 bits per heavy atom. The molecule has 2 saturated heterocycles. The molecule has 100 valence electrons. The minimum atomic E-state index is 0.230. The molecule has 2 unspecified atom stereocenters. The van der Waals surface area contributed by atoms with Crippen LogP contribution in [0.5, 0.6) is 0 Å². The van der Waals surface area contributed by atoms with Gasteiger partial charge in [0.1, 0.15) is 0 Å². The minimum absolute atomic E-state index is 0.230. The highest BCUT2D eigenvalue weighted by molar-refractivity contribution is 4.88. The van der Waals surface area contributed by atoms with Crippen LogP contribution in [0.2, 0.25) is 0 Å². The molecule has 0 radical (unpaired) electrons. The Morgan fingerprint density at radius 2 is 1.94 bits per heavy atom. The summed E-state index contributed by atoms with van der Waals surface area (Å²) in [6.07, 6.45) is 4.12. The molecule has 0 aromatic heterocycles. The zero-order chi connectivity index (χ0) is 12.5. The van der Waals surface area contributed by atoms with E-state index in [1.54, 1.807) is 0 Å². The number of nitrogens with zero attached hydrogens (tertiary/aromatic N) is 2. The van der Waals surface area contributed by atoms with Crippen LogP contribution in [0.4, 0.5) is 0 Å². The molecule has 0 aromatic carbocycles. The first-order valence-corrected chi connectivity index (χ1v) is 7.21. The summed E-state index contributed by atoms with van der Waals surface area (Å²) in [7, 11) is 0. The van der Waals surface area contributed by atoms with Gasteiger partial charge in [-0.2, -0.15) is 0 Å². The normalized spacial score (nSPS) is 30.0. The van der Waals surface area contributed by atoms with Gasteiger partial charge >= 0.3 is 0 Å². The summed E-state index contributed by atoms with van der Waals surface area (Å²) < 4.78 is 0. The highest BCUT2D eigenvalue weighted by atomic mass is 15.3. The van der Waals surface area contributed by atoms with Crippen molar-refractivity contribution in [1.29, 1.82) is 0 Å². The molecule has 2 fully saturated rings. The van der Waals surface area contributed by atoms with Crippen LogP contribution in [0.25, 0.3) is 0 Å². The van der Waals surface area contributed by atoms with Gasteiger partial charge in [-0.15, -0.1) is 0 Å². The predicted octanol–water partition coefficient (Wildman–Crippen LogP) is 1.53. The first kappa shape index (κ1) is 13.3. The summed E-state index contributed by atoms with van der Waals surface area (Å²) >= 11 is 0. The smallest absolute Gasteiger partial charge is 0.0223 e. The molecule has 0 saturated carbocycles. The Labute approximate surface area is 106 Å². The van der Waals surface area contributed by atoms with Gasteiger partial charge in [-0.1, -0.05) is 13.8 Å². The lowest BCUT2D eigenvalue weighted by Crippen LogP contribution is -2.46. The van der Waals surface area contributed by atoms with E-state index >= 15 is 0 Å². The fraction of sp³-hybridized carbons (Fsp3) is 1.00. The van der Waals surface area contributed by atoms with Crippen molar-refractivity contribution < 1.29 is 0 Å². The number of nitrogens with two attached hydrogens (primary N) is 1. The monoisotopic (exact) mass is 239 g/mol. The van der Waals surface area contributed by atoms with Crippen LogP contribution in [0.3, 0.4) is 0 Å². The SMILES string of the molecule is CC(N)C(C)(C)CN1CCCN2CCCC2C1. The van der Waals surface area contributed by atoms with Crippen molar-refractivity contribution in [3.8, 4) is 0 Å². The molecule has 2 aliphatic heterocycles. The van der Waals surface area contributed by atoms with E-state index in [4.69, 9.17) is 5.73 Å². The summed E-state index contributed by atoms with van der Waals surface area (Å²) in [5.41, 5.74) is 6.33. The van der Waals surface area contributed by atoms with Crippen LogP contribution >= 0.6 is 0 Å². The molecule has 2 N–H and O–H groups in total. The molecule has 17 heavy (non-hydrogen) atoms. The van der Waals surface area contributed by atoms with Crippen LogP contribution in [-0.2, 0) is 0 Å². The van der Waals surface area contributed by atoms with Crippen molar-refractivity contribution in [3.63, 3.8) is 0 Å². The Morgan fingerprint density at radius 1 is 1.24 bits per heavy atom. The van der Waals surface area contributed by atoms with E-state index in [1.165, 1.54) is 45.4 Å². The van der Waals surface area contributed by atoms with Gasteiger partial charge < -0.3 is 10.6 Å². The van der Waals surface area contributed by atoms with Crippen LogP contribution in [-0.4, -0.2) is 54.6 Å². The average Bonchev–Trinajstić information content (AvgIpc) is 2.57. The first-order chi connectivity index (χ1) is 7.99. The van der Waals surface area contributed by atoms with E-state index in [0.717, 1.165) is 12.6 Å². The summed E-state index contributed by atoms with van der Waals surface area (Å²) in [5.74, 6) is 0. The van der Waals surface area contributed by atoms with Gasteiger partial charge in [0.25, 0.3) is 0 Å². The van der Waals surface area contributed by atoms with Gasteiger partial charge in [0.15, 0.2) is 0 Å². The lowest BCUT2D eigenvalue weighted by Gasteiger charge is -2.36. The Balaban J connectivity index is 1.92. The predicted molar refractivity (Wildman–Crippen MR) is 73.1 cm³/mol. The van der Waals surface area contributed by atoms with Crippen LogP contribution in [0.1, 0.15) is 40.0 Å². The lowest BCUT2D eigenvalue weighted by atomic mass is 9.85. The quantitative estimate of drug-likeness (QED) is 0.811. The molecule has 2 aliphatic rings. The zero-order valence-electron chi connectivity index (χ0n) is 11.8. The molecule has 0 aliphatic carbocycles. The topological polar surface area (TPSA) is 32.5 Å². The van der Waals surface area contributed by atoms with Gasteiger partial charge in [0, 0.05) is 25.2 Å². The number of rotatable bonds is 3. The van der Waals surface area contributed by atoms with Crippen LogP contribution in [0.15, 0.2) is 0 Å². The largest absolute Gasteiger partial charge is 0.327 e. The fourth-order valence-corrected chi connectivity index (χ4v) is 3.15. The van der Waals surface area contributed by atoms with Gasteiger partial charge in [-0.25, -0.2) is 0 Å². The molecule has 3 heteroatoms. The average molecular weight is 239 g/mol. The maximum atomic E-state index is 6.10. The van der Waals surface area contributed by atoms with E-state index < -0.39 is 0 Å². The van der Waals surface area contributed by atoms with E-state index in [-0.39, 0.29) is 11.5 Å². The van der Waals surface area contributed by atoms with Gasteiger partial charge in [-0.05, 0) is 51.2 Å². The molecule has 3 nitrogen and oxygen atoms in total. The van der Waals surface area contributed by atoms with Crippen molar-refractivity contribution in [1.82, 2.24) is 9.80 Å². The van der Waals surface area contributed by atoms with E-state index in [1.807, 2.05) is 0 Å². The molecule has 0 bridgehead atoms. The maximum Gasteiger partial charge on any atom is 0.0223 e. The zero-order valence-corrected chi connectivity index (χ0v) is 11.8. The molecule has 0 spiro atoms. The Hall–Kier alpha value is -0.120. The van der Waals surface area contributed by atoms with Crippen molar-refractivity contribution in [3.05, 3.63) is 0 Å². The molecule has 2 heterocycles. The van der Waals surface area contributed by atoms with Crippen LogP contribution < -0.4 is 5.73 Å². The minimum Gasteiger partial charge on any atom is -0.327 e. The molecule has 0 amide bonds. The standard InChI is InChI=1S/C14H29N3/c1-12(15)14(2,3)11-16-7-5-9-17-8-4-6-13(17)10-16/h12-13H,4-11,15H2,1-3H3. The van der Waals surface area contributed by atoms with Crippen molar-refractivity contribution >= 4 is 0 Å². The second-order valence-electron chi connectivity index (χ2n) is 6.70. The van der Waals surface area contributed by atoms with Crippen molar-refractivity contribution in [2.75, 3.05) is 32.7 Å². The lowest BCUT2D eigenvalue weighted by molar-refractivity contribution is 0.145. The van der Waals surface area contributed by atoms with Crippen LogP contribution in [0, 0.1) is 5.41 Å². The third kappa shape index (κ3) is 3.21. The number of hydrogen-bond donors (Lipinski definition) is 1. The first-order valence-electron chi connectivity index (χ1n) is 7.21. The second-order valence-corrected chi connectivity index (χ2v) is 6.70. The van der Waals surface area contributed by atoms with E-state index in [2.05, 4.69) is 30.6 Å². The van der Waals surface area contributed by atoms with Gasteiger partial charge in [0.2, 0.25) is 0 Å². The second kappa shape index (κ2) is 5.25. The van der Waals surface area contributed by atoms with Gasteiger partial charge in [0.05, 0.1) is 0 Å². The summed E-state index contributed by atoms with van der Waals surface area (Å²) in [4.78, 5) is 5.35. The molecule has 0 aromatic rings. The summed E-state index contributed by atoms with van der Waals surface area (Å²) in [6, 6.07) is 1.09. The highest BCUT2D eigenvalue weighted by Gasteiger charge is 2.32. The van der Waals surface area contributed by atoms with E-state index in [0.29, 0.717) is 0 Å². The molecular formula is C14H29N3. The molecule has 2 atom stereocenters. The number of hydrogen-bond acceptors (Lipinski definition) is 3. The summed E-state index contributed by atoms with van der Waals surface area (Å²) in [6.45, 7) is 13.0. The third-order valence-electron chi connectivity index (χ3n) is 4.75. The van der Waals surface area contributed by atoms with Gasteiger partial charge in [-0.3, -0.25) is 4.90 Å². The summed E-state index contributed by atoms with van der Waals surface area (Å²) in [5, 5.41) is 0. The van der Waals surface area contributed by atoms with Crippen molar-refractivity contribution in [2.45, 2.75) is 52.1 Å². The van der Waals surface area contributed by atoms with Crippen molar-refractivity contribution in [2.24, 2.45) is 11.1 Å². The Kier molecular flexibility index (Phi) is 4.11. The molecular weight excluding hydrogens is 210 g/mol. The highest BCUT2D eigenvalue weighted by Crippen LogP contribution is 2.25. The third-order valence-corrected chi connectivity index (χ3v) is 4.75. The molecule has 2 rings (SSSR count). The maximum absolute atomic E-state index is 6.10. The fourth-order valence-electron chi connectivity index (χ4n) is 3.15. The Bertz CT molecular complexity index is 250.